The van der Waals surface area contributed by atoms with Crippen LogP contribution < -0.4 is 4.74 Å². The van der Waals surface area contributed by atoms with Crippen molar-refractivity contribution >= 4 is 27.5 Å². The Labute approximate surface area is 123 Å². The van der Waals surface area contributed by atoms with Crippen molar-refractivity contribution in [3.63, 3.8) is 0 Å². The van der Waals surface area contributed by atoms with Crippen LogP contribution in [-0.2, 0) is 0 Å². The molecule has 100 valence electrons. The van der Waals surface area contributed by atoms with E-state index in [4.69, 9.17) is 16.3 Å². The van der Waals surface area contributed by atoms with Gasteiger partial charge in [-0.2, -0.15) is 0 Å². The molecular weight excluding hydrogens is 335 g/mol. The summed E-state index contributed by atoms with van der Waals surface area (Å²) in [6.07, 6.45) is -0.557. The Kier molecular flexibility index (Phi) is 4.45. The summed E-state index contributed by atoms with van der Waals surface area (Å²) in [6.45, 7) is 1.68. The zero-order chi connectivity index (χ0) is 14.0. The maximum atomic E-state index is 13.3. The number of halogens is 3. The molecule has 0 aromatic heterocycles. The van der Waals surface area contributed by atoms with Crippen LogP contribution in [0.5, 0.6) is 11.5 Å². The van der Waals surface area contributed by atoms with E-state index in [0.717, 1.165) is 5.56 Å². The molecule has 0 radical (unpaired) electrons. The fourth-order valence-corrected chi connectivity index (χ4v) is 2.12. The minimum atomic E-state index is -0.557. The minimum Gasteiger partial charge on any atom is -0.456 e. The number of aliphatic hydroxyl groups excluding tert-OH is 1. The molecule has 1 unspecified atom stereocenters. The van der Waals surface area contributed by atoms with Crippen LogP contribution in [-0.4, -0.2) is 5.11 Å². The molecular formula is C14H11BrClFO2. The molecule has 0 aliphatic carbocycles. The quantitative estimate of drug-likeness (QED) is 0.840. The number of rotatable bonds is 3. The van der Waals surface area contributed by atoms with E-state index in [0.29, 0.717) is 16.0 Å². The van der Waals surface area contributed by atoms with Crippen molar-refractivity contribution in [3.8, 4) is 11.5 Å². The average Bonchev–Trinajstić information content (AvgIpc) is 2.36. The third-order valence-corrected chi connectivity index (χ3v) is 3.48. The molecule has 2 aromatic carbocycles. The molecule has 1 N–H and O–H groups in total. The second-order valence-corrected chi connectivity index (χ2v) is 5.31. The minimum absolute atomic E-state index is 0.0517. The second kappa shape index (κ2) is 5.90. The molecule has 0 saturated heterocycles. The lowest BCUT2D eigenvalue weighted by atomic mass is 10.1. The zero-order valence-electron chi connectivity index (χ0n) is 10.0. The van der Waals surface area contributed by atoms with Crippen LogP contribution in [0.3, 0.4) is 0 Å². The molecule has 1 atom stereocenters. The van der Waals surface area contributed by atoms with E-state index in [-0.39, 0.29) is 5.02 Å². The van der Waals surface area contributed by atoms with Gasteiger partial charge in [-0.1, -0.05) is 17.7 Å². The zero-order valence-corrected chi connectivity index (χ0v) is 12.4. The number of benzene rings is 2. The van der Waals surface area contributed by atoms with Crippen LogP contribution in [0.15, 0.2) is 40.9 Å². The Morgan fingerprint density at radius 1 is 1.26 bits per heavy atom. The van der Waals surface area contributed by atoms with E-state index in [9.17, 15) is 9.50 Å². The first-order chi connectivity index (χ1) is 8.97. The largest absolute Gasteiger partial charge is 0.456 e. The average molecular weight is 346 g/mol. The van der Waals surface area contributed by atoms with E-state index in [2.05, 4.69) is 15.9 Å². The first-order valence-electron chi connectivity index (χ1n) is 5.58. The van der Waals surface area contributed by atoms with Crippen LogP contribution in [0.2, 0.25) is 5.02 Å². The molecule has 0 bridgehead atoms. The van der Waals surface area contributed by atoms with E-state index in [1.54, 1.807) is 31.2 Å². The summed E-state index contributed by atoms with van der Waals surface area (Å²) in [5.74, 6) is 0.356. The van der Waals surface area contributed by atoms with Crippen LogP contribution in [0, 0.1) is 5.82 Å². The summed E-state index contributed by atoms with van der Waals surface area (Å²) in [6, 6.07) is 9.45. The van der Waals surface area contributed by atoms with Crippen LogP contribution in [0.25, 0.3) is 0 Å². The molecule has 0 fully saturated rings. The van der Waals surface area contributed by atoms with Gasteiger partial charge in [-0.3, -0.25) is 0 Å². The molecule has 0 spiro atoms. The van der Waals surface area contributed by atoms with Crippen molar-refractivity contribution < 1.29 is 14.2 Å². The smallest absolute Gasteiger partial charge is 0.145 e. The van der Waals surface area contributed by atoms with Crippen LogP contribution >= 0.6 is 27.5 Å². The predicted molar refractivity (Wildman–Crippen MR) is 76.3 cm³/mol. The normalized spacial score (nSPS) is 12.3. The SMILES string of the molecule is CC(O)c1ccc(Oc2ccc(Cl)c(F)c2)c(Br)c1. The molecule has 0 amide bonds. The van der Waals surface area contributed by atoms with Crippen molar-refractivity contribution in [1.82, 2.24) is 0 Å². The van der Waals surface area contributed by atoms with E-state index >= 15 is 0 Å². The van der Waals surface area contributed by atoms with Gasteiger partial charge < -0.3 is 9.84 Å². The number of hydrogen-bond donors (Lipinski definition) is 1. The maximum Gasteiger partial charge on any atom is 0.145 e. The van der Waals surface area contributed by atoms with Crippen molar-refractivity contribution in [2.45, 2.75) is 13.0 Å². The monoisotopic (exact) mass is 344 g/mol. The molecule has 0 saturated carbocycles. The Bertz CT molecular complexity index is 602. The Morgan fingerprint density at radius 3 is 2.58 bits per heavy atom. The van der Waals surface area contributed by atoms with Gasteiger partial charge in [0.2, 0.25) is 0 Å². The highest BCUT2D eigenvalue weighted by Gasteiger charge is 2.08. The van der Waals surface area contributed by atoms with E-state index in [1.807, 2.05) is 0 Å². The van der Waals surface area contributed by atoms with Crippen LogP contribution in [0.1, 0.15) is 18.6 Å². The Hall–Kier alpha value is -1.10. The highest BCUT2D eigenvalue weighted by molar-refractivity contribution is 9.10. The first kappa shape index (κ1) is 14.3. The molecule has 0 aliphatic rings. The third-order valence-electron chi connectivity index (χ3n) is 2.56. The number of hydrogen-bond acceptors (Lipinski definition) is 2. The number of aliphatic hydroxyl groups is 1. The predicted octanol–water partition coefficient (Wildman–Crippen LogP) is 5.09. The third kappa shape index (κ3) is 3.47. The lowest BCUT2D eigenvalue weighted by Crippen LogP contribution is -1.92. The van der Waals surface area contributed by atoms with Crippen LogP contribution in [0.4, 0.5) is 4.39 Å². The Morgan fingerprint density at radius 2 is 2.00 bits per heavy atom. The summed E-state index contributed by atoms with van der Waals surface area (Å²) in [7, 11) is 0. The van der Waals surface area contributed by atoms with Gasteiger partial charge in [0.25, 0.3) is 0 Å². The highest BCUT2D eigenvalue weighted by atomic mass is 79.9. The van der Waals surface area contributed by atoms with Gasteiger partial charge in [-0.15, -0.1) is 0 Å². The molecule has 5 heteroatoms. The molecule has 0 heterocycles. The fraction of sp³-hybridized carbons (Fsp3) is 0.143. The number of ether oxygens (including phenoxy) is 1. The summed E-state index contributed by atoms with van der Waals surface area (Å²) in [5.41, 5.74) is 0.765. The molecule has 0 aliphatic heterocycles. The maximum absolute atomic E-state index is 13.3. The van der Waals surface area contributed by atoms with Gasteiger partial charge in [-0.25, -0.2) is 4.39 Å². The lowest BCUT2D eigenvalue weighted by molar-refractivity contribution is 0.199. The van der Waals surface area contributed by atoms with E-state index in [1.165, 1.54) is 12.1 Å². The van der Waals surface area contributed by atoms with Gasteiger partial charge in [0.05, 0.1) is 15.6 Å². The topological polar surface area (TPSA) is 29.5 Å². The summed E-state index contributed by atoms with van der Waals surface area (Å²) >= 11 is 8.95. The molecule has 19 heavy (non-hydrogen) atoms. The first-order valence-corrected chi connectivity index (χ1v) is 6.75. The summed E-state index contributed by atoms with van der Waals surface area (Å²) in [4.78, 5) is 0. The van der Waals surface area contributed by atoms with Crippen molar-refractivity contribution in [2.24, 2.45) is 0 Å². The van der Waals surface area contributed by atoms with Crippen molar-refractivity contribution in [3.05, 3.63) is 57.3 Å². The van der Waals surface area contributed by atoms with Gasteiger partial charge in [0.15, 0.2) is 0 Å². The highest BCUT2D eigenvalue weighted by Crippen LogP contribution is 2.33. The fourth-order valence-electron chi connectivity index (χ4n) is 1.53. The molecule has 2 nitrogen and oxygen atoms in total. The Balaban J connectivity index is 2.25. The van der Waals surface area contributed by atoms with Crippen molar-refractivity contribution in [2.75, 3.05) is 0 Å². The standard InChI is InChI=1S/C14H11BrClFO2/c1-8(18)9-2-5-14(11(15)6-9)19-10-3-4-12(16)13(17)7-10/h2-8,18H,1H3. The van der Waals surface area contributed by atoms with Gasteiger partial charge in [-0.05, 0) is 52.7 Å². The van der Waals surface area contributed by atoms with E-state index < -0.39 is 11.9 Å². The van der Waals surface area contributed by atoms with Crippen molar-refractivity contribution in [1.29, 1.82) is 0 Å². The lowest BCUT2D eigenvalue weighted by Gasteiger charge is -2.11. The summed E-state index contributed by atoms with van der Waals surface area (Å²) in [5, 5.41) is 9.52. The van der Waals surface area contributed by atoms with Gasteiger partial charge in [0.1, 0.15) is 17.3 Å². The second-order valence-electron chi connectivity index (χ2n) is 4.04. The molecule has 2 aromatic rings. The van der Waals surface area contributed by atoms with Gasteiger partial charge in [0, 0.05) is 6.07 Å². The summed E-state index contributed by atoms with van der Waals surface area (Å²) < 4.78 is 19.5. The molecule has 2 rings (SSSR count). The van der Waals surface area contributed by atoms with Gasteiger partial charge >= 0.3 is 0 Å².